The normalized spacial score (nSPS) is 11.5. The standard InChI is InChI=1S/C21H23N3O/c1-16(2)18-9-6-17(7-10-18)8-11-21(25)22-13-12-19-15-24-14-4-3-5-20(24)23-19/h3-11,14-16H,12-13H2,1-2H3,(H,22,25)/b11-8+. The first-order valence-corrected chi connectivity index (χ1v) is 8.60. The average Bonchev–Trinajstić information content (AvgIpc) is 3.03. The molecular weight excluding hydrogens is 310 g/mol. The number of nitrogens with zero attached hydrogens (tertiary/aromatic N) is 2. The van der Waals surface area contributed by atoms with Gasteiger partial charge >= 0.3 is 0 Å². The van der Waals surface area contributed by atoms with Gasteiger partial charge in [-0.3, -0.25) is 4.79 Å². The van der Waals surface area contributed by atoms with Crippen LogP contribution in [0.1, 0.15) is 36.6 Å². The first-order valence-electron chi connectivity index (χ1n) is 8.60. The molecule has 25 heavy (non-hydrogen) atoms. The Morgan fingerprint density at radius 2 is 2.00 bits per heavy atom. The predicted molar refractivity (Wildman–Crippen MR) is 101 cm³/mol. The number of carbonyl (C=O) groups excluding carboxylic acids is 1. The fraction of sp³-hybridized carbons (Fsp3) is 0.238. The van der Waals surface area contributed by atoms with Crippen molar-refractivity contribution in [3.63, 3.8) is 0 Å². The van der Waals surface area contributed by atoms with Crippen molar-refractivity contribution in [3.8, 4) is 0 Å². The summed E-state index contributed by atoms with van der Waals surface area (Å²) < 4.78 is 1.98. The fourth-order valence-corrected chi connectivity index (χ4v) is 2.64. The zero-order valence-corrected chi connectivity index (χ0v) is 14.6. The number of benzene rings is 1. The number of rotatable bonds is 6. The lowest BCUT2D eigenvalue weighted by Gasteiger charge is -2.04. The number of pyridine rings is 1. The monoisotopic (exact) mass is 333 g/mol. The second-order valence-corrected chi connectivity index (χ2v) is 6.39. The van der Waals surface area contributed by atoms with E-state index in [2.05, 4.69) is 36.3 Å². The topological polar surface area (TPSA) is 46.4 Å². The Bertz CT molecular complexity index is 843. The minimum absolute atomic E-state index is 0.0864. The molecule has 4 nitrogen and oxygen atoms in total. The van der Waals surface area contributed by atoms with Gasteiger partial charge in [0.1, 0.15) is 5.65 Å². The van der Waals surface area contributed by atoms with Crippen LogP contribution in [0.15, 0.2) is 60.9 Å². The fourth-order valence-electron chi connectivity index (χ4n) is 2.64. The molecule has 128 valence electrons. The Balaban J connectivity index is 1.48. The Morgan fingerprint density at radius 3 is 2.72 bits per heavy atom. The molecule has 0 atom stereocenters. The number of imidazole rings is 1. The summed E-state index contributed by atoms with van der Waals surface area (Å²) in [6, 6.07) is 14.2. The molecule has 0 saturated carbocycles. The van der Waals surface area contributed by atoms with Crippen LogP contribution in [0, 0.1) is 0 Å². The van der Waals surface area contributed by atoms with Gasteiger partial charge in [-0.1, -0.05) is 44.2 Å². The molecule has 2 aromatic heterocycles. The molecule has 1 aromatic carbocycles. The summed E-state index contributed by atoms with van der Waals surface area (Å²) in [5, 5.41) is 2.90. The van der Waals surface area contributed by atoms with E-state index in [0.717, 1.165) is 16.9 Å². The second-order valence-electron chi connectivity index (χ2n) is 6.39. The molecule has 2 heterocycles. The maximum Gasteiger partial charge on any atom is 0.244 e. The molecule has 0 fully saturated rings. The molecule has 1 amide bonds. The van der Waals surface area contributed by atoms with Crippen LogP contribution in [0.4, 0.5) is 0 Å². The van der Waals surface area contributed by atoms with Crippen molar-refractivity contribution < 1.29 is 4.79 Å². The lowest BCUT2D eigenvalue weighted by Crippen LogP contribution is -2.23. The average molecular weight is 333 g/mol. The van der Waals surface area contributed by atoms with Crippen LogP contribution in [-0.4, -0.2) is 21.8 Å². The van der Waals surface area contributed by atoms with Crippen LogP contribution in [-0.2, 0) is 11.2 Å². The van der Waals surface area contributed by atoms with E-state index in [1.807, 2.05) is 53.2 Å². The van der Waals surface area contributed by atoms with E-state index in [1.54, 1.807) is 6.08 Å². The second kappa shape index (κ2) is 7.79. The van der Waals surface area contributed by atoms with Gasteiger partial charge in [0.25, 0.3) is 0 Å². The Hall–Kier alpha value is -2.88. The molecule has 0 unspecified atom stereocenters. The number of amides is 1. The van der Waals surface area contributed by atoms with E-state index >= 15 is 0 Å². The Morgan fingerprint density at radius 1 is 1.20 bits per heavy atom. The maximum atomic E-state index is 11.9. The number of hydrogen-bond donors (Lipinski definition) is 1. The summed E-state index contributed by atoms with van der Waals surface area (Å²) in [6.45, 7) is 4.90. The lowest BCUT2D eigenvalue weighted by atomic mass is 10.0. The molecule has 0 bridgehead atoms. The van der Waals surface area contributed by atoms with Gasteiger partial charge in [0.15, 0.2) is 0 Å². The molecule has 0 saturated heterocycles. The smallest absolute Gasteiger partial charge is 0.244 e. The van der Waals surface area contributed by atoms with Gasteiger partial charge in [-0.05, 0) is 35.3 Å². The SMILES string of the molecule is CC(C)c1ccc(/C=C/C(=O)NCCc2cn3ccccc3n2)cc1. The van der Waals surface area contributed by atoms with E-state index < -0.39 is 0 Å². The molecule has 3 rings (SSSR count). The predicted octanol–water partition coefficient (Wildman–Crippen LogP) is 3.83. The zero-order valence-electron chi connectivity index (χ0n) is 14.6. The van der Waals surface area contributed by atoms with Crippen molar-refractivity contribution in [3.05, 3.63) is 77.8 Å². The van der Waals surface area contributed by atoms with Crippen molar-refractivity contribution in [2.75, 3.05) is 6.54 Å². The molecule has 0 spiro atoms. The van der Waals surface area contributed by atoms with Crippen molar-refractivity contribution in [1.82, 2.24) is 14.7 Å². The molecule has 3 aromatic rings. The third-order valence-electron chi connectivity index (χ3n) is 4.12. The van der Waals surface area contributed by atoms with Crippen LogP contribution in [0.2, 0.25) is 0 Å². The van der Waals surface area contributed by atoms with Crippen molar-refractivity contribution in [2.45, 2.75) is 26.2 Å². The van der Waals surface area contributed by atoms with Crippen molar-refractivity contribution in [2.24, 2.45) is 0 Å². The first kappa shape index (κ1) is 17.0. The van der Waals surface area contributed by atoms with Gasteiger partial charge in [0, 0.05) is 31.4 Å². The summed E-state index contributed by atoms with van der Waals surface area (Å²) in [4.78, 5) is 16.4. The molecular formula is C21H23N3O. The van der Waals surface area contributed by atoms with E-state index in [4.69, 9.17) is 0 Å². The zero-order chi connectivity index (χ0) is 17.6. The number of nitrogens with one attached hydrogen (secondary N) is 1. The maximum absolute atomic E-state index is 11.9. The Kier molecular flexibility index (Phi) is 5.29. The van der Waals surface area contributed by atoms with Gasteiger partial charge in [-0.15, -0.1) is 0 Å². The van der Waals surface area contributed by atoms with E-state index in [-0.39, 0.29) is 5.91 Å². The van der Waals surface area contributed by atoms with Gasteiger partial charge < -0.3 is 9.72 Å². The minimum Gasteiger partial charge on any atom is -0.352 e. The molecule has 0 radical (unpaired) electrons. The lowest BCUT2D eigenvalue weighted by molar-refractivity contribution is -0.116. The van der Waals surface area contributed by atoms with Crippen molar-refractivity contribution in [1.29, 1.82) is 0 Å². The van der Waals surface area contributed by atoms with Crippen LogP contribution < -0.4 is 5.32 Å². The highest BCUT2D eigenvalue weighted by molar-refractivity contribution is 5.91. The summed E-state index contributed by atoms with van der Waals surface area (Å²) in [5.74, 6) is 0.428. The summed E-state index contributed by atoms with van der Waals surface area (Å²) in [6.07, 6.45) is 8.09. The van der Waals surface area contributed by atoms with E-state index in [1.165, 1.54) is 5.56 Å². The molecule has 4 heteroatoms. The highest BCUT2D eigenvalue weighted by Gasteiger charge is 2.02. The third-order valence-corrected chi connectivity index (χ3v) is 4.12. The highest BCUT2D eigenvalue weighted by Crippen LogP contribution is 2.15. The summed E-state index contributed by atoms with van der Waals surface area (Å²) >= 11 is 0. The molecule has 0 aliphatic rings. The van der Waals surface area contributed by atoms with Crippen LogP contribution in [0.3, 0.4) is 0 Å². The van der Waals surface area contributed by atoms with E-state index in [0.29, 0.717) is 18.9 Å². The number of carbonyl (C=O) groups is 1. The van der Waals surface area contributed by atoms with E-state index in [9.17, 15) is 4.79 Å². The number of hydrogen-bond acceptors (Lipinski definition) is 2. The summed E-state index contributed by atoms with van der Waals surface area (Å²) in [5.41, 5.74) is 4.22. The highest BCUT2D eigenvalue weighted by atomic mass is 16.1. The molecule has 1 N–H and O–H groups in total. The Labute approximate surface area is 148 Å². The van der Waals surface area contributed by atoms with Gasteiger partial charge in [0.2, 0.25) is 5.91 Å². The van der Waals surface area contributed by atoms with Crippen LogP contribution in [0.5, 0.6) is 0 Å². The van der Waals surface area contributed by atoms with Crippen LogP contribution in [0.25, 0.3) is 11.7 Å². The summed E-state index contributed by atoms with van der Waals surface area (Å²) in [7, 11) is 0. The van der Waals surface area contributed by atoms with Gasteiger partial charge in [-0.25, -0.2) is 4.98 Å². The molecule has 0 aliphatic carbocycles. The number of fused-ring (bicyclic) bond motifs is 1. The first-order chi connectivity index (χ1) is 12.1. The third kappa shape index (κ3) is 4.57. The van der Waals surface area contributed by atoms with Crippen molar-refractivity contribution >= 4 is 17.6 Å². The van der Waals surface area contributed by atoms with Gasteiger partial charge in [0.05, 0.1) is 5.69 Å². The quantitative estimate of drug-likeness (QED) is 0.697. The molecule has 0 aliphatic heterocycles. The van der Waals surface area contributed by atoms with Gasteiger partial charge in [-0.2, -0.15) is 0 Å². The number of aromatic nitrogens is 2. The van der Waals surface area contributed by atoms with Crippen LogP contribution >= 0.6 is 0 Å². The largest absolute Gasteiger partial charge is 0.352 e. The minimum atomic E-state index is -0.0864.